The lowest BCUT2D eigenvalue weighted by atomic mass is 10.2. The molecule has 0 bridgehead atoms. The lowest BCUT2D eigenvalue weighted by Gasteiger charge is -2.15. The van der Waals surface area contributed by atoms with Gasteiger partial charge >= 0.3 is 0 Å². The quantitative estimate of drug-likeness (QED) is 0.437. The van der Waals surface area contributed by atoms with E-state index in [1.165, 1.54) is 12.1 Å². The van der Waals surface area contributed by atoms with Crippen molar-refractivity contribution >= 4 is 11.4 Å². The van der Waals surface area contributed by atoms with Crippen molar-refractivity contribution in [1.82, 2.24) is 0 Å². The Labute approximate surface area is 105 Å². The fourth-order valence-corrected chi connectivity index (χ4v) is 1.39. The summed E-state index contributed by atoms with van der Waals surface area (Å²) >= 11 is 0. The van der Waals surface area contributed by atoms with Gasteiger partial charge in [0.1, 0.15) is 11.9 Å². The molecule has 1 unspecified atom stereocenters. The van der Waals surface area contributed by atoms with E-state index >= 15 is 0 Å². The third-order valence-electron chi connectivity index (χ3n) is 2.16. The lowest BCUT2D eigenvalue weighted by Crippen LogP contribution is -2.19. The lowest BCUT2D eigenvalue weighted by molar-refractivity contribution is -0.384. The van der Waals surface area contributed by atoms with Gasteiger partial charge < -0.3 is 14.9 Å². The summed E-state index contributed by atoms with van der Waals surface area (Å²) in [6.45, 7) is 4.73. The van der Waals surface area contributed by atoms with Crippen LogP contribution in [0.2, 0.25) is 0 Å². The maximum absolute atomic E-state index is 10.7. The van der Waals surface area contributed by atoms with Crippen LogP contribution >= 0.6 is 0 Å². The number of hydrazine groups is 1. The van der Waals surface area contributed by atoms with Crippen LogP contribution in [0.15, 0.2) is 18.2 Å². The number of nitrogen functional groups attached to an aromatic ring is 1. The average Bonchev–Trinajstić information content (AvgIpc) is 2.35. The highest BCUT2D eigenvalue weighted by Gasteiger charge is 2.12. The van der Waals surface area contributed by atoms with Gasteiger partial charge in [-0.15, -0.1) is 0 Å². The molecule has 1 atom stereocenters. The fraction of sp³-hybridized carbons (Fsp3) is 0.455. The Morgan fingerprint density at radius 3 is 2.78 bits per heavy atom. The largest absolute Gasteiger partial charge is 0.488 e. The molecule has 0 aromatic heterocycles. The Bertz CT molecular complexity index is 411. The fourth-order valence-electron chi connectivity index (χ4n) is 1.39. The number of rotatable bonds is 7. The summed E-state index contributed by atoms with van der Waals surface area (Å²) in [4.78, 5) is 10.2. The second-order valence-corrected chi connectivity index (χ2v) is 3.70. The summed E-state index contributed by atoms with van der Waals surface area (Å²) in [6, 6.07) is 4.28. The minimum atomic E-state index is -0.499. The van der Waals surface area contributed by atoms with Gasteiger partial charge in [0.2, 0.25) is 0 Å². The van der Waals surface area contributed by atoms with Crippen molar-refractivity contribution < 1.29 is 14.4 Å². The Morgan fingerprint density at radius 1 is 1.50 bits per heavy atom. The molecule has 0 aliphatic heterocycles. The first-order chi connectivity index (χ1) is 8.56. The van der Waals surface area contributed by atoms with Crippen LogP contribution < -0.4 is 16.0 Å². The highest BCUT2D eigenvalue weighted by atomic mass is 16.6. The van der Waals surface area contributed by atoms with E-state index in [1.54, 1.807) is 6.07 Å². The van der Waals surface area contributed by atoms with E-state index in [0.717, 1.165) is 0 Å². The third-order valence-corrected chi connectivity index (χ3v) is 2.16. The highest BCUT2D eigenvalue weighted by Crippen LogP contribution is 2.26. The second-order valence-electron chi connectivity index (χ2n) is 3.70. The van der Waals surface area contributed by atoms with Crippen LogP contribution in [-0.2, 0) is 4.74 Å². The summed E-state index contributed by atoms with van der Waals surface area (Å²) in [6.07, 6.45) is -0.197. The molecule has 7 heteroatoms. The van der Waals surface area contributed by atoms with E-state index in [0.29, 0.717) is 24.7 Å². The number of hydrogen-bond acceptors (Lipinski definition) is 6. The number of benzene rings is 1. The first-order valence-electron chi connectivity index (χ1n) is 5.57. The van der Waals surface area contributed by atoms with Crippen molar-refractivity contribution in [2.45, 2.75) is 20.0 Å². The number of nitrogens with one attached hydrogen (secondary N) is 1. The standard InChI is InChI=1S/C11H17N3O4/c1-3-17-7-8(2)18-11-5-9(13-12)4-10(6-11)14(15)16/h4-6,8,13H,3,7,12H2,1-2H3. The average molecular weight is 255 g/mol. The van der Waals surface area contributed by atoms with Gasteiger partial charge in [0.25, 0.3) is 5.69 Å². The zero-order valence-corrected chi connectivity index (χ0v) is 10.4. The molecule has 18 heavy (non-hydrogen) atoms. The van der Waals surface area contributed by atoms with Gasteiger partial charge in [0, 0.05) is 18.7 Å². The molecule has 0 saturated carbocycles. The summed E-state index contributed by atoms with van der Waals surface area (Å²) in [7, 11) is 0. The molecule has 0 spiro atoms. The Kier molecular flexibility index (Phi) is 5.34. The smallest absolute Gasteiger partial charge is 0.275 e. The van der Waals surface area contributed by atoms with Crippen LogP contribution in [0.3, 0.4) is 0 Å². The van der Waals surface area contributed by atoms with Crippen LogP contribution in [0.1, 0.15) is 13.8 Å². The summed E-state index contributed by atoms with van der Waals surface area (Å²) in [5, 5.41) is 10.7. The van der Waals surface area contributed by atoms with Crippen LogP contribution in [0, 0.1) is 10.1 Å². The van der Waals surface area contributed by atoms with Crippen LogP contribution in [0.5, 0.6) is 5.75 Å². The topological polar surface area (TPSA) is 99.7 Å². The molecular formula is C11H17N3O4. The van der Waals surface area contributed by atoms with Crippen LogP contribution in [-0.4, -0.2) is 24.2 Å². The van der Waals surface area contributed by atoms with Crippen molar-refractivity contribution in [3.63, 3.8) is 0 Å². The minimum Gasteiger partial charge on any atom is -0.488 e. The second kappa shape index (κ2) is 6.77. The van der Waals surface area contributed by atoms with Gasteiger partial charge in [0.15, 0.2) is 0 Å². The molecule has 0 heterocycles. The van der Waals surface area contributed by atoms with E-state index in [1.807, 2.05) is 13.8 Å². The van der Waals surface area contributed by atoms with Crippen LogP contribution in [0.4, 0.5) is 11.4 Å². The molecular weight excluding hydrogens is 238 g/mol. The maximum atomic E-state index is 10.7. The SMILES string of the molecule is CCOCC(C)Oc1cc(NN)cc([N+](=O)[O-])c1. The molecule has 7 nitrogen and oxygen atoms in total. The van der Waals surface area contributed by atoms with Gasteiger partial charge in [-0.05, 0) is 13.8 Å². The number of nitrogens with two attached hydrogens (primary N) is 1. The first-order valence-corrected chi connectivity index (χ1v) is 5.57. The van der Waals surface area contributed by atoms with E-state index in [2.05, 4.69) is 5.43 Å². The van der Waals surface area contributed by atoms with Crippen molar-refractivity contribution in [3.05, 3.63) is 28.3 Å². The number of nitro groups is 1. The summed E-state index contributed by atoms with van der Waals surface area (Å²) in [5.74, 6) is 5.62. The zero-order chi connectivity index (χ0) is 13.5. The molecule has 1 rings (SSSR count). The maximum Gasteiger partial charge on any atom is 0.275 e. The number of anilines is 1. The monoisotopic (exact) mass is 255 g/mol. The van der Waals surface area contributed by atoms with Gasteiger partial charge in [0.05, 0.1) is 23.3 Å². The number of non-ortho nitro benzene ring substituents is 1. The first kappa shape index (κ1) is 14.2. The molecule has 1 aromatic rings. The third kappa shape index (κ3) is 4.19. The normalized spacial score (nSPS) is 11.9. The molecule has 100 valence electrons. The van der Waals surface area contributed by atoms with Crippen molar-refractivity contribution in [1.29, 1.82) is 0 Å². The predicted molar refractivity (Wildman–Crippen MR) is 67.5 cm³/mol. The number of nitro benzene ring substituents is 1. The van der Waals surface area contributed by atoms with Crippen molar-refractivity contribution in [3.8, 4) is 5.75 Å². The molecule has 3 N–H and O–H groups in total. The Balaban J connectivity index is 2.81. The van der Waals surface area contributed by atoms with E-state index < -0.39 is 4.92 Å². The van der Waals surface area contributed by atoms with Gasteiger partial charge in [-0.3, -0.25) is 16.0 Å². The number of hydrogen-bond donors (Lipinski definition) is 2. The van der Waals surface area contributed by atoms with E-state index in [9.17, 15) is 10.1 Å². The Morgan fingerprint density at radius 2 is 2.22 bits per heavy atom. The molecule has 0 aliphatic carbocycles. The molecule has 0 saturated heterocycles. The molecule has 0 amide bonds. The summed E-state index contributed by atoms with van der Waals surface area (Å²) in [5.41, 5.74) is 2.70. The molecule has 0 aliphatic rings. The Hall–Kier alpha value is -1.86. The van der Waals surface area contributed by atoms with Gasteiger partial charge in [-0.1, -0.05) is 0 Å². The van der Waals surface area contributed by atoms with Crippen molar-refractivity contribution in [2.75, 3.05) is 18.6 Å². The van der Waals surface area contributed by atoms with Crippen LogP contribution in [0.25, 0.3) is 0 Å². The van der Waals surface area contributed by atoms with Crippen molar-refractivity contribution in [2.24, 2.45) is 5.84 Å². The number of ether oxygens (including phenoxy) is 2. The predicted octanol–water partition coefficient (Wildman–Crippen LogP) is 1.68. The number of nitrogens with zero attached hydrogens (tertiary/aromatic N) is 1. The van der Waals surface area contributed by atoms with Gasteiger partial charge in [-0.25, -0.2) is 0 Å². The molecule has 0 radical (unpaired) electrons. The zero-order valence-electron chi connectivity index (χ0n) is 10.4. The van der Waals surface area contributed by atoms with E-state index in [4.69, 9.17) is 15.3 Å². The molecule has 1 aromatic carbocycles. The minimum absolute atomic E-state index is 0.0796. The van der Waals surface area contributed by atoms with E-state index in [-0.39, 0.29) is 11.8 Å². The van der Waals surface area contributed by atoms with Gasteiger partial charge in [-0.2, -0.15) is 0 Å². The highest BCUT2D eigenvalue weighted by molar-refractivity contribution is 5.55. The molecule has 0 fully saturated rings. The summed E-state index contributed by atoms with van der Waals surface area (Å²) < 4.78 is 10.7.